The van der Waals surface area contributed by atoms with Crippen LogP contribution in [-0.4, -0.2) is 9.55 Å². The van der Waals surface area contributed by atoms with E-state index in [9.17, 15) is 8.78 Å². The highest BCUT2D eigenvalue weighted by molar-refractivity contribution is 7.71. The van der Waals surface area contributed by atoms with E-state index in [-0.39, 0.29) is 11.6 Å². The third-order valence-corrected chi connectivity index (χ3v) is 3.33. The molecule has 96 valence electrons. The van der Waals surface area contributed by atoms with Crippen molar-refractivity contribution in [1.82, 2.24) is 9.55 Å². The highest BCUT2D eigenvalue weighted by atomic mass is 32.1. The third-order valence-electron chi connectivity index (χ3n) is 3.05. The highest BCUT2D eigenvalue weighted by Crippen LogP contribution is 2.23. The molecule has 5 heteroatoms. The number of nitrogens with zero attached hydrogens (tertiary/aromatic N) is 1. The molecule has 19 heavy (non-hydrogen) atoms. The SMILES string of the molecule is Cc1cc(F)ccc1-n1c(=S)[nH]c2ccc(F)cc21. The fourth-order valence-electron chi connectivity index (χ4n) is 2.18. The molecule has 0 radical (unpaired) electrons. The van der Waals surface area contributed by atoms with Gasteiger partial charge in [0, 0.05) is 6.07 Å². The van der Waals surface area contributed by atoms with Crippen LogP contribution in [0.3, 0.4) is 0 Å². The molecular weight excluding hydrogens is 266 g/mol. The van der Waals surface area contributed by atoms with Gasteiger partial charge in [0.2, 0.25) is 0 Å². The van der Waals surface area contributed by atoms with Crippen molar-refractivity contribution in [2.24, 2.45) is 0 Å². The Morgan fingerprint density at radius 2 is 1.74 bits per heavy atom. The Morgan fingerprint density at radius 1 is 1.05 bits per heavy atom. The number of aromatic nitrogens is 2. The molecule has 0 aliphatic carbocycles. The Balaban J connectivity index is 2.38. The monoisotopic (exact) mass is 276 g/mol. The second kappa shape index (κ2) is 4.28. The summed E-state index contributed by atoms with van der Waals surface area (Å²) in [6, 6.07) is 8.84. The minimum absolute atomic E-state index is 0.307. The maximum absolute atomic E-state index is 13.4. The van der Waals surface area contributed by atoms with Crippen LogP contribution < -0.4 is 0 Å². The van der Waals surface area contributed by atoms with Gasteiger partial charge in [0.25, 0.3) is 0 Å². The molecule has 0 atom stereocenters. The number of H-pyrrole nitrogens is 1. The van der Waals surface area contributed by atoms with Crippen LogP contribution in [0.1, 0.15) is 5.56 Å². The van der Waals surface area contributed by atoms with Crippen LogP contribution in [-0.2, 0) is 0 Å². The van der Waals surface area contributed by atoms with Crippen LogP contribution in [0.4, 0.5) is 8.78 Å². The molecule has 0 fully saturated rings. The maximum atomic E-state index is 13.4. The number of fused-ring (bicyclic) bond motifs is 1. The summed E-state index contributed by atoms with van der Waals surface area (Å²) in [4.78, 5) is 3.01. The number of imidazole rings is 1. The molecule has 0 unspecified atom stereocenters. The topological polar surface area (TPSA) is 20.7 Å². The van der Waals surface area contributed by atoms with E-state index < -0.39 is 0 Å². The lowest BCUT2D eigenvalue weighted by molar-refractivity contribution is 0.625. The fourth-order valence-corrected chi connectivity index (χ4v) is 2.49. The molecule has 3 aromatic rings. The molecule has 0 amide bonds. The number of aromatic amines is 1. The van der Waals surface area contributed by atoms with E-state index in [0.717, 1.165) is 16.8 Å². The van der Waals surface area contributed by atoms with Gasteiger partial charge in [-0.2, -0.15) is 0 Å². The van der Waals surface area contributed by atoms with E-state index in [2.05, 4.69) is 4.98 Å². The summed E-state index contributed by atoms with van der Waals surface area (Å²) in [6.07, 6.45) is 0. The number of hydrogen-bond acceptors (Lipinski definition) is 1. The first kappa shape index (κ1) is 12.0. The van der Waals surface area contributed by atoms with Gasteiger partial charge in [0.1, 0.15) is 11.6 Å². The summed E-state index contributed by atoms with van der Waals surface area (Å²) in [7, 11) is 0. The second-order valence-electron chi connectivity index (χ2n) is 4.36. The van der Waals surface area contributed by atoms with Gasteiger partial charge in [-0.1, -0.05) is 0 Å². The number of halogens is 2. The molecule has 0 aliphatic heterocycles. The zero-order chi connectivity index (χ0) is 13.6. The van der Waals surface area contributed by atoms with Gasteiger partial charge in [-0.05, 0) is 55.0 Å². The predicted octanol–water partition coefficient (Wildman–Crippen LogP) is 4.27. The van der Waals surface area contributed by atoms with Gasteiger partial charge in [0.05, 0.1) is 16.7 Å². The molecule has 0 saturated heterocycles. The minimum Gasteiger partial charge on any atom is -0.330 e. The number of benzene rings is 2. The van der Waals surface area contributed by atoms with E-state index in [1.165, 1.54) is 24.3 Å². The summed E-state index contributed by atoms with van der Waals surface area (Å²) in [5.41, 5.74) is 2.86. The average molecular weight is 276 g/mol. The molecule has 2 nitrogen and oxygen atoms in total. The zero-order valence-corrected chi connectivity index (χ0v) is 10.9. The Bertz CT molecular complexity index is 833. The van der Waals surface area contributed by atoms with Crippen molar-refractivity contribution in [3.63, 3.8) is 0 Å². The van der Waals surface area contributed by atoms with E-state index in [1.807, 2.05) is 0 Å². The minimum atomic E-state index is -0.338. The summed E-state index contributed by atoms with van der Waals surface area (Å²) < 4.78 is 28.7. The quantitative estimate of drug-likeness (QED) is 0.658. The van der Waals surface area contributed by atoms with Crippen LogP contribution in [0.25, 0.3) is 16.7 Å². The van der Waals surface area contributed by atoms with Gasteiger partial charge >= 0.3 is 0 Å². The van der Waals surface area contributed by atoms with Gasteiger partial charge < -0.3 is 4.98 Å². The van der Waals surface area contributed by atoms with Crippen LogP contribution in [0.2, 0.25) is 0 Å². The van der Waals surface area contributed by atoms with E-state index in [4.69, 9.17) is 12.2 Å². The second-order valence-corrected chi connectivity index (χ2v) is 4.74. The molecule has 1 aromatic heterocycles. The van der Waals surface area contributed by atoms with Gasteiger partial charge in [-0.15, -0.1) is 0 Å². The molecule has 2 aromatic carbocycles. The van der Waals surface area contributed by atoms with Crippen molar-refractivity contribution in [3.8, 4) is 5.69 Å². The number of hydrogen-bond donors (Lipinski definition) is 1. The first-order valence-corrected chi connectivity index (χ1v) is 6.14. The van der Waals surface area contributed by atoms with Crippen LogP contribution in [0.5, 0.6) is 0 Å². The Labute approximate surface area is 113 Å². The third kappa shape index (κ3) is 1.96. The number of nitrogens with one attached hydrogen (secondary N) is 1. The molecule has 1 N–H and O–H groups in total. The van der Waals surface area contributed by atoms with Crippen LogP contribution in [0, 0.1) is 23.3 Å². The predicted molar refractivity (Wildman–Crippen MR) is 73.1 cm³/mol. The smallest absolute Gasteiger partial charge is 0.182 e. The molecule has 3 rings (SSSR count). The van der Waals surface area contributed by atoms with Crippen molar-refractivity contribution < 1.29 is 8.78 Å². The normalized spacial score (nSPS) is 11.1. The van der Waals surface area contributed by atoms with Crippen molar-refractivity contribution >= 4 is 23.3 Å². The number of aryl methyl sites for hydroxylation is 1. The Hall–Kier alpha value is -2.01. The molecule has 0 aliphatic rings. The van der Waals surface area contributed by atoms with E-state index in [1.54, 1.807) is 23.6 Å². The maximum Gasteiger partial charge on any atom is 0.182 e. The average Bonchev–Trinajstić information content (AvgIpc) is 2.65. The molecule has 0 saturated carbocycles. The van der Waals surface area contributed by atoms with Crippen molar-refractivity contribution in [3.05, 3.63) is 58.4 Å². The summed E-state index contributed by atoms with van der Waals surface area (Å²) in [6.45, 7) is 1.79. The molecule has 1 heterocycles. The fraction of sp³-hybridized carbons (Fsp3) is 0.0714. The number of rotatable bonds is 1. The van der Waals surface area contributed by atoms with Crippen molar-refractivity contribution in [2.75, 3.05) is 0 Å². The van der Waals surface area contributed by atoms with Crippen molar-refractivity contribution in [1.29, 1.82) is 0 Å². The molecule has 0 spiro atoms. The summed E-state index contributed by atoms with van der Waals surface area (Å²) in [5.74, 6) is -0.645. The summed E-state index contributed by atoms with van der Waals surface area (Å²) >= 11 is 5.26. The van der Waals surface area contributed by atoms with Gasteiger partial charge in [0.15, 0.2) is 4.77 Å². The van der Waals surface area contributed by atoms with E-state index in [0.29, 0.717) is 10.3 Å². The molecule has 0 bridgehead atoms. The first-order valence-electron chi connectivity index (χ1n) is 5.73. The highest BCUT2D eigenvalue weighted by Gasteiger charge is 2.10. The summed E-state index contributed by atoms with van der Waals surface area (Å²) in [5, 5.41) is 0. The lowest BCUT2D eigenvalue weighted by Gasteiger charge is -2.08. The van der Waals surface area contributed by atoms with Crippen LogP contribution in [0.15, 0.2) is 36.4 Å². The van der Waals surface area contributed by atoms with Crippen LogP contribution >= 0.6 is 12.2 Å². The lowest BCUT2D eigenvalue weighted by Crippen LogP contribution is -1.97. The van der Waals surface area contributed by atoms with Crippen molar-refractivity contribution in [2.45, 2.75) is 6.92 Å². The largest absolute Gasteiger partial charge is 0.330 e. The lowest BCUT2D eigenvalue weighted by atomic mass is 10.2. The van der Waals surface area contributed by atoms with E-state index >= 15 is 0 Å². The standard InChI is InChI=1S/C14H10F2N2S/c1-8-6-9(15)3-5-12(8)18-13-7-10(16)2-4-11(13)17-14(18)19/h2-7H,1H3,(H,17,19). The Kier molecular flexibility index (Phi) is 2.71. The first-order chi connectivity index (χ1) is 9.06. The Morgan fingerprint density at radius 3 is 2.47 bits per heavy atom. The zero-order valence-electron chi connectivity index (χ0n) is 10.1. The molecular formula is C14H10F2N2S. The van der Waals surface area contributed by atoms with Gasteiger partial charge in [-0.25, -0.2) is 8.78 Å². The van der Waals surface area contributed by atoms with Gasteiger partial charge in [-0.3, -0.25) is 4.57 Å².